The summed E-state index contributed by atoms with van der Waals surface area (Å²) in [4.78, 5) is 0. The van der Waals surface area contributed by atoms with Gasteiger partial charge in [-0.15, -0.1) is 0 Å². The molecule has 0 radical (unpaired) electrons. The average Bonchev–Trinajstić information content (AvgIpc) is 2.91. The molecule has 0 fully saturated rings. The third kappa shape index (κ3) is 13.2. The van der Waals surface area contributed by atoms with Gasteiger partial charge in [-0.2, -0.15) is 0 Å². The molecule has 0 amide bonds. The number of aryl methyl sites for hydroxylation is 2. The van der Waals surface area contributed by atoms with Crippen LogP contribution in [0.2, 0.25) is 0 Å². The van der Waals surface area contributed by atoms with Crippen molar-refractivity contribution in [2.75, 3.05) is 0 Å². The SMILES string of the molecule is CCCCCCCCCc1c(O)cccc1CCCCCCc1cccc(O)c1CCCCCCCCC. The van der Waals surface area contributed by atoms with E-state index in [1.54, 1.807) is 0 Å². The lowest BCUT2D eigenvalue weighted by molar-refractivity contribution is 0.463. The third-order valence-corrected chi connectivity index (χ3v) is 8.20. The summed E-state index contributed by atoms with van der Waals surface area (Å²) in [6.45, 7) is 4.53. The molecule has 2 N–H and O–H groups in total. The van der Waals surface area contributed by atoms with Crippen LogP contribution in [0.25, 0.3) is 0 Å². The molecule has 2 nitrogen and oxygen atoms in total. The molecule has 0 atom stereocenters. The molecule has 38 heavy (non-hydrogen) atoms. The van der Waals surface area contributed by atoms with Crippen LogP contribution in [0, 0.1) is 0 Å². The van der Waals surface area contributed by atoms with Gasteiger partial charge in [-0.1, -0.05) is 128 Å². The largest absolute Gasteiger partial charge is 0.508 e. The fourth-order valence-electron chi connectivity index (χ4n) is 5.79. The highest BCUT2D eigenvalue weighted by Crippen LogP contribution is 2.27. The molecular formula is C36H58O2. The lowest BCUT2D eigenvalue weighted by atomic mass is 9.94. The van der Waals surface area contributed by atoms with E-state index in [4.69, 9.17) is 0 Å². The molecule has 0 aliphatic rings. The van der Waals surface area contributed by atoms with Crippen molar-refractivity contribution in [3.05, 3.63) is 58.7 Å². The number of aromatic hydroxyl groups is 2. The van der Waals surface area contributed by atoms with Gasteiger partial charge in [0.15, 0.2) is 0 Å². The van der Waals surface area contributed by atoms with Crippen molar-refractivity contribution >= 4 is 0 Å². The first kappa shape index (κ1) is 32.3. The van der Waals surface area contributed by atoms with Gasteiger partial charge in [-0.25, -0.2) is 0 Å². The minimum absolute atomic E-state index is 0.492. The van der Waals surface area contributed by atoms with Crippen molar-refractivity contribution in [2.45, 2.75) is 155 Å². The van der Waals surface area contributed by atoms with E-state index in [0.717, 1.165) is 25.7 Å². The monoisotopic (exact) mass is 522 g/mol. The molecule has 2 heteroatoms. The highest BCUT2D eigenvalue weighted by Gasteiger charge is 2.09. The molecule has 0 aliphatic heterocycles. The molecule has 0 spiro atoms. The molecule has 0 unspecified atom stereocenters. The molecule has 0 saturated carbocycles. The van der Waals surface area contributed by atoms with Crippen LogP contribution in [0.5, 0.6) is 11.5 Å². The van der Waals surface area contributed by atoms with Crippen LogP contribution < -0.4 is 0 Å². The zero-order valence-corrected chi connectivity index (χ0v) is 24.9. The van der Waals surface area contributed by atoms with E-state index in [1.165, 1.54) is 138 Å². The maximum Gasteiger partial charge on any atom is 0.119 e. The molecule has 2 aromatic rings. The Kier molecular flexibility index (Phi) is 17.8. The number of rotatable bonds is 23. The van der Waals surface area contributed by atoms with Crippen molar-refractivity contribution in [3.8, 4) is 11.5 Å². The molecule has 0 heterocycles. The highest BCUT2D eigenvalue weighted by atomic mass is 16.3. The summed E-state index contributed by atoms with van der Waals surface area (Å²) in [7, 11) is 0. The summed E-state index contributed by atoms with van der Waals surface area (Å²) < 4.78 is 0. The first-order chi connectivity index (χ1) is 18.7. The first-order valence-electron chi connectivity index (χ1n) is 16.3. The second-order valence-electron chi connectivity index (χ2n) is 11.5. The summed E-state index contributed by atoms with van der Waals surface area (Å²) in [6.07, 6.45) is 27.3. The van der Waals surface area contributed by atoms with Gasteiger partial charge in [0.2, 0.25) is 0 Å². The van der Waals surface area contributed by atoms with Crippen LogP contribution in [-0.2, 0) is 25.7 Å². The van der Waals surface area contributed by atoms with Crippen LogP contribution in [0.4, 0.5) is 0 Å². The quantitative estimate of drug-likeness (QED) is 0.142. The molecule has 0 bridgehead atoms. The topological polar surface area (TPSA) is 40.5 Å². The van der Waals surface area contributed by atoms with Gasteiger partial charge in [0, 0.05) is 0 Å². The normalized spacial score (nSPS) is 11.3. The molecule has 2 aromatic carbocycles. The smallest absolute Gasteiger partial charge is 0.119 e. The number of phenolic OH excluding ortho intramolecular Hbond substituents is 2. The van der Waals surface area contributed by atoms with Crippen LogP contribution >= 0.6 is 0 Å². The Morgan fingerprint density at radius 1 is 0.395 bits per heavy atom. The van der Waals surface area contributed by atoms with Crippen molar-refractivity contribution in [1.82, 2.24) is 0 Å². The maximum absolute atomic E-state index is 10.5. The predicted molar refractivity (Wildman–Crippen MR) is 165 cm³/mol. The highest BCUT2D eigenvalue weighted by molar-refractivity contribution is 5.40. The molecule has 0 aromatic heterocycles. The summed E-state index contributed by atoms with van der Waals surface area (Å²) in [5.74, 6) is 0.983. The lowest BCUT2D eigenvalue weighted by Gasteiger charge is -2.13. The second-order valence-corrected chi connectivity index (χ2v) is 11.5. The molecule has 214 valence electrons. The Balaban J connectivity index is 1.68. The van der Waals surface area contributed by atoms with Gasteiger partial charge in [0.05, 0.1) is 0 Å². The number of unbranched alkanes of at least 4 members (excludes halogenated alkanes) is 15. The molecule has 2 rings (SSSR count). The van der Waals surface area contributed by atoms with Crippen molar-refractivity contribution in [1.29, 1.82) is 0 Å². The van der Waals surface area contributed by atoms with Crippen molar-refractivity contribution < 1.29 is 10.2 Å². The summed E-state index contributed by atoms with van der Waals surface area (Å²) >= 11 is 0. The van der Waals surface area contributed by atoms with E-state index in [1.807, 2.05) is 24.3 Å². The second kappa shape index (κ2) is 20.9. The Labute approximate surface area is 235 Å². The summed E-state index contributed by atoms with van der Waals surface area (Å²) in [5, 5.41) is 21.0. The Morgan fingerprint density at radius 3 is 1.08 bits per heavy atom. The van der Waals surface area contributed by atoms with E-state index < -0.39 is 0 Å². The van der Waals surface area contributed by atoms with E-state index in [-0.39, 0.29) is 0 Å². The standard InChI is InChI=1S/C36H58O2/c1-3-5-7-9-11-13-19-27-33-31(25-21-29-35(33)37)23-17-15-16-18-24-32-26-22-30-36(38)34(32)28-20-14-12-10-8-6-4-2/h21-22,25-26,29-30,37-38H,3-20,23-24,27-28H2,1-2H3. The zero-order valence-electron chi connectivity index (χ0n) is 24.9. The van der Waals surface area contributed by atoms with E-state index in [0.29, 0.717) is 11.5 Å². The fraction of sp³-hybridized carbons (Fsp3) is 0.667. The van der Waals surface area contributed by atoms with Crippen LogP contribution in [-0.4, -0.2) is 10.2 Å². The molecule has 0 saturated heterocycles. The Hall–Kier alpha value is -1.96. The molecular weight excluding hydrogens is 464 g/mol. The number of phenols is 2. The Morgan fingerprint density at radius 2 is 0.711 bits per heavy atom. The van der Waals surface area contributed by atoms with Crippen LogP contribution in [0.3, 0.4) is 0 Å². The maximum atomic E-state index is 10.5. The van der Waals surface area contributed by atoms with Crippen LogP contribution in [0.1, 0.15) is 152 Å². The van der Waals surface area contributed by atoms with Crippen LogP contribution in [0.15, 0.2) is 36.4 Å². The fourth-order valence-corrected chi connectivity index (χ4v) is 5.79. The minimum Gasteiger partial charge on any atom is -0.508 e. The lowest BCUT2D eigenvalue weighted by Crippen LogP contribution is -1.98. The number of hydrogen-bond acceptors (Lipinski definition) is 2. The summed E-state index contributed by atoms with van der Waals surface area (Å²) in [6, 6.07) is 12.2. The van der Waals surface area contributed by atoms with E-state index in [2.05, 4.69) is 26.0 Å². The van der Waals surface area contributed by atoms with E-state index >= 15 is 0 Å². The van der Waals surface area contributed by atoms with E-state index in [9.17, 15) is 10.2 Å². The third-order valence-electron chi connectivity index (χ3n) is 8.20. The molecule has 0 aliphatic carbocycles. The summed E-state index contributed by atoms with van der Waals surface area (Å²) in [5.41, 5.74) is 5.08. The average molecular weight is 523 g/mol. The van der Waals surface area contributed by atoms with Gasteiger partial charge >= 0.3 is 0 Å². The van der Waals surface area contributed by atoms with Gasteiger partial charge in [0.25, 0.3) is 0 Å². The van der Waals surface area contributed by atoms with Gasteiger partial charge < -0.3 is 10.2 Å². The van der Waals surface area contributed by atoms with Crippen molar-refractivity contribution in [3.63, 3.8) is 0 Å². The number of hydrogen-bond donors (Lipinski definition) is 2. The van der Waals surface area contributed by atoms with Gasteiger partial charge in [0.1, 0.15) is 11.5 Å². The predicted octanol–water partition coefficient (Wildman–Crippen LogP) is 11.0. The Bertz CT molecular complexity index is 785. The van der Waals surface area contributed by atoms with Gasteiger partial charge in [-0.05, 0) is 85.8 Å². The minimum atomic E-state index is 0.492. The van der Waals surface area contributed by atoms with Gasteiger partial charge in [-0.3, -0.25) is 0 Å². The van der Waals surface area contributed by atoms with Crippen molar-refractivity contribution in [2.24, 2.45) is 0 Å². The number of benzene rings is 2. The zero-order chi connectivity index (χ0) is 27.3. The first-order valence-corrected chi connectivity index (χ1v) is 16.3.